The maximum absolute atomic E-state index is 9.57. The first kappa shape index (κ1) is 33.6. The molecule has 0 spiro atoms. The molecular formula is C36H53N3O2. The molecule has 2 aromatic carbocycles. The molecule has 5 nitrogen and oxygen atoms in total. The van der Waals surface area contributed by atoms with Crippen molar-refractivity contribution in [2.45, 2.75) is 78.2 Å². The van der Waals surface area contributed by atoms with Gasteiger partial charge in [-0.05, 0) is 82.2 Å². The highest BCUT2D eigenvalue weighted by atomic mass is 16.5. The van der Waals surface area contributed by atoms with Crippen LogP contribution in [-0.2, 0) is 4.74 Å². The summed E-state index contributed by atoms with van der Waals surface area (Å²) in [6.07, 6.45) is 5.40. The van der Waals surface area contributed by atoms with E-state index in [1.54, 1.807) is 0 Å². The van der Waals surface area contributed by atoms with Crippen LogP contribution in [0.4, 0.5) is 0 Å². The summed E-state index contributed by atoms with van der Waals surface area (Å²) in [6, 6.07) is 17.6. The molecule has 0 unspecified atom stereocenters. The number of aliphatic hydroxyl groups excluding tert-OH is 1. The molecule has 0 fully saturated rings. The highest BCUT2D eigenvalue weighted by Crippen LogP contribution is 2.45. The first-order chi connectivity index (χ1) is 19.4. The molecule has 2 aromatic rings. The minimum absolute atomic E-state index is 0.140. The van der Waals surface area contributed by atoms with Crippen LogP contribution in [-0.4, -0.2) is 41.8 Å². The summed E-state index contributed by atoms with van der Waals surface area (Å²) in [5.74, 6) is 1.30. The number of hydrogen-bond acceptors (Lipinski definition) is 5. The molecule has 0 amide bonds. The monoisotopic (exact) mass is 559 g/mol. The zero-order valence-electron chi connectivity index (χ0n) is 26.2. The molecule has 41 heavy (non-hydrogen) atoms. The van der Waals surface area contributed by atoms with Gasteiger partial charge in [-0.25, -0.2) is 0 Å². The molecule has 3 rings (SSSR count). The molecule has 0 atom stereocenters. The molecule has 1 aliphatic carbocycles. The van der Waals surface area contributed by atoms with E-state index in [1.165, 1.54) is 28.7 Å². The fraction of sp³-hybridized carbons (Fsp3) is 0.444. The quantitative estimate of drug-likeness (QED) is 0.142. The van der Waals surface area contributed by atoms with Gasteiger partial charge in [-0.1, -0.05) is 81.6 Å². The predicted octanol–water partition coefficient (Wildman–Crippen LogP) is 8.64. The van der Waals surface area contributed by atoms with E-state index in [-0.39, 0.29) is 11.4 Å². The van der Waals surface area contributed by atoms with Crippen LogP contribution in [0.5, 0.6) is 0 Å². The second-order valence-electron chi connectivity index (χ2n) is 11.8. The van der Waals surface area contributed by atoms with Crippen molar-refractivity contribution in [1.82, 2.24) is 15.5 Å². The number of allylic oxidation sites excluding steroid dienone is 2. The number of nitrogens with zero attached hydrogens (tertiary/aromatic N) is 1. The highest BCUT2D eigenvalue weighted by molar-refractivity contribution is 5.78. The van der Waals surface area contributed by atoms with Gasteiger partial charge < -0.3 is 25.4 Å². The summed E-state index contributed by atoms with van der Waals surface area (Å²) in [5, 5.41) is 16.0. The molecule has 0 aliphatic heterocycles. The molecule has 0 aromatic heterocycles. The number of fused-ring (bicyclic) bond motifs is 3. The third kappa shape index (κ3) is 11.8. The molecule has 3 N–H and O–H groups in total. The molecule has 0 radical (unpaired) electrons. The highest BCUT2D eigenvalue weighted by Gasteiger charge is 2.26. The van der Waals surface area contributed by atoms with Crippen molar-refractivity contribution in [2.24, 2.45) is 0 Å². The van der Waals surface area contributed by atoms with Gasteiger partial charge in [0.25, 0.3) is 0 Å². The Morgan fingerprint density at radius 3 is 1.98 bits per heavy atom. The number of unbranched alkanes of at least 4 members (excludes halogenated alkanes) is 2. The zero-order chi connectivity index (χ0) is 30.4. The minimum atomic E-state index is -0.272. The van der Waals surface area contributed by atoms with Gasteiger partial charge in [-0.2, -0.15) is 0 Å². The van der Waals surface area contributed by atoms with Gasteiger partial charge in [-0.3, -0.25) is 0 Å². The lowest BCUT2D eigenvalue weighted by Gasteiger charge is -2.28. The first-order valence-corrected chi connectivity index (χ1v) is 14.9. The van der Waals surface area contributed by atoms with E-state index in [1.807, 2.05) is 32.6 Å². The average Bonchev–Trinajstić information content (AvgIpc) is 3.22. The molecule has 0 saturated heterocycles. The van der Waals surface area contributed by atoms with Crippen LogP contribution in [0.15, 0.2) is 97.9 Å². The van der Waals surface area contributed by atoms with Crippen molar-refractivity contribution < 1.29 is 9.84 Å². The van der Waals surface area contributed by atoms with Gasteiger partial charge in [0.15, 0.2) is 5.88 Å². The average molecular weight is 560 g/mol. The van der Waals surface area contributed by atoms with Crippen molar-refractivity contribution >= 4 is 0 Å². The molecule has 1 aliphatic rings. The van der Waals surface area contributed by atoms with Crippen molar-refractivity contribution in [3.8, 4) is 11.1 Å². The molecule has 224 valence electrons. The lowest BCUT2D eigenvalue weighted by molar-refractivity contribution is 0.0411. The fourth-order valence-corrected chi connectivity index (χ4v) is 5.10. The van der Waals surface area contributed by atoms with Crippen LogP contribution in [0.1, 0.15) is 83.8 Å². The SMILES string of the molecule is C=C(O)CN(CCNC(=C)OC(C)(C)C)C(=C)CCCCCNC(=C)C.CCC1c2ccccc2-c2ccccc21. The van der Waals surface area contributed by atoms with Gasteiger partial charge in [0.05, 0.1) is 6.54 Å². The van der Waals surface area contributed by atoms with Gasteiger partial charge in [0.2, 0.25) is 0 Å². The Hall–Kier alpha value is -3.60. The lowest BCUT2D eigenvalue weighted by atomic mass is 9.95. The topological polar surface area (TPSA) is 56.8 Å². The maximum atomic E-state index is 9.57. The van der Waals surface area contributed by atoms with E-state index in [2.05, 4.69) is 92.4 Å². The largest absolute Gasteiger partial charge is 0.511 e. The van der Waals surface area contributed by atoms with Crippen LogP contribution >= 0.6 is 0 Å². The van der Waals surface area contributed by atoms with E-state index >= 15 is 0 Å². The van der Waals surface area contributed by atoms with Crippen molar-refractivity contribution in [1.29, 1.82) is 0 Å². The maximum Gasteiger partial charge on any atom is 0.179 e. The van der Waals surface area contributed by atoms with Crippen LogP contribution < -0.4 is 10.6 Å². The molecule has 0 bridgehead atoms. The minimum Gasteiger partial charge on any atom is -0.511 e. The lowest BCUT2D eigenvalue weighted by Crippen LogP contribution is -2.34. The predicted molar refractivity (Wildman–Crippen MR) is 176 cm³/mol. The Kier molecular flexibility index (Phi) is 13.6. The number of benzene rings is 2. The van der Waals surface area contributed by atoms with Crippen LogP contribution in [0.25, 0.3) is 11.1 Å². The van der Waals surface area contributed by atoms with Crippen LogP contribution in [0.3, 0.4) is 0 Å². The van der Waals surface area contributed by atoms with E-state index in [0.29, 0.717) is 31.4 Å². The first-order valence-electron chi connectivity index (χ1n) is 14.9. The number of rotatable bonds is 16. The summed E-state index contributed by atoms with van der Waals surface area (Å²) in [5.41, 5.74) is 7.61. The summed E-state index contributed by atoms with van der Waals surface area (Å²) < 4.78 is 5.65. The molecule has 0 saturated carbocycles. The zero-order valence-corrected chi connectivity index (χ0v) is 26.2. The van der Waals surface area contributed by atoms with Gasteiger partial charge in [0, 0.05) is 36.9 Å². The van der Waals surface area contributed by atoms with Crippen LogP contribution in [0.2, 0.25) is 0 Å². The van der Waals surface area contributed by atoms with Gasteiger partial charge in [0.1, 0.15) is 11.4 Å². The summed E-state index contributed by atoms with van der Waals surface area (Å²) >= 11 is 0. The Labute approximate surface area is 249 Å². The number of aliphatic hydroxyl groups is 1. The van der Waals surface area contributed by atoms with E-state index < -0.39 is 0 Å². The normalized spacial score (nSPS) is 11.8. The van der Waals surface area contributed by atoms with Gasteiger partial charge >= 0.3 is 0 Å². The van der Waals surface area contributed by atoms with Crippen molar-refractivity contribution in [2.75, 3.05) is 26.2 Å². The van der Waals surface area contributed by atoms with E-state index in [4.69, 9.17) is 4.74 Å². The van der Waals surface area contributed by atoms with Gasteiger partial charge in [-0.15, -0.1) is 0 Å². The van der Waals surface area contributed by atoms with E-state index in [9.17, 15) is 5.11 Å². The number of hydrogen-bond donors (Lipinski definition) is 3. The summed E-state index contributed by atoms with van der Waals surface area (Å²) in [4.78, 5) is 2.05. The summed E-state index contributed by atoms with van der Waals surface area (Å²) in [6.45, 7) is 28.4. The van der Waals surface area contributed by atoms with Crippen LogP contribution in [0, 0.1) is 0 Å². The Morgan fingerprint density at radius 1 is 0.878 bits per heavy atom. The number of ether oxygens (including phenoxy) is 1. The number of nitrogens with one attached hydrogen (secondary N) is 2. The Bertz CT molecular complexity index is 1120. The molecular weight excluding hydrogens is 506 g/mol. The Morgan fingerprint density at radius 2 is 1.46 bits per heavy atom. The molecule has 5 heteroatoms. The third-order valence-electron chi connectivity index (χ3n) is 6.89. The second-order valence-corrected chi connectivity index (χ2v) is 11.8. The molecule has 0 heterocycles. The smallest absolute Gasteiger partial charge is 0.179 e. The van der Waals surface area contributed by atoms with E-state index in [0.717, 1.165) is 43.6 Å². The fourth-order valence-electron chi connectivity index (χ4n) is 5.10. The summed E-state index contributed by atoms with van der Waals surface area (Å²) in [7, 11) is 0. The second kappa shape index (κ2) is 16.6. The van der Waals surface area contributed by atoms with Crippen molar-refractivity contribution in [3.63, 3.8) is 0 Å². The Balaban J connectivity index is 0.000000325. The third-order valence-corrected chi connectivity index (χ3v) is 6.89. The van der Waals surface area contributed by atoms with Crippen molar-refractivity contribution in [3.05, 3.63) is 109 Å². The standard InChI is InChI=1S/C21H39N3O2.C15H14/c1-17(2)22-13-11-9-10-12-18(3)24(16-19(4)25)15-14-23-20(5)26-21(6,7)8;1-2-11-12-7-3-5-9-14(12)15-10-6-4-8-13(11)15/h22-23,25H,1,3-5,9-16H2,2,6-8H3;3-11H,2H2,1H3.